The van der Waals surface area contributed by atoms with Crippen LogP contribution in [-0.4, -0.2) is 47.8 Å². The Balaban J connectivity index is 1.38. The van der Waals surface area contributed by atoms with E-state index in [1.807, 2.05) is 13.8 Å². The van der Waals surface area contributed by atoms with E-state index in [2.05, 4.69) is 39.2 Å². The van der Waals surface area contributed by atoms with Crippen LogP contribution >= 0.6 is 11.3 Å². The normalized spacial score (nSPS) is 16.5. The zero-order valence-electron chi connectivity index (χ0n) is 14.9. The first-order chi connectivity index (χ1) is 12.2. The second-order valence-electron chi connectivity index (χ2n) is 6.70. The quantitative estimate of drug-likeness (QED) is 0.714. The number of fused-ring (bicyclic) bond motifs is 1. The van der Waals surface area contributed by atoms with E-state index in [9.17, 15) is 0 Å². The molecule has 5 nitrogen and oxygen atoms in total. The Morgan fingerprint density at radius 2 is 2.00 bits per heavy atom. The monoisotopic (exact) mass is 356 g/mol. The molecule has 1 saturated heterocycles. The Bertz CT molecular complexity index is 804. The molecule has 0 amide bonds. The van der Waals surface area contributed by atoms with E-state index in [0.717, 1.165) is 61.2 Å². The average molecular weight is 356 g/mol. The molecule has 25 heavy (non-hydrogen) atoms. The number of hydrogen-bond acceptors (Lipinski definition) is 6. The van der Waals surface area contributed by atoms with Gasteiger partial charge in [-0.25, -0.2) is 4.98 Å². The van der Waals surface area contributed by atoms with Crippen LogP contribution in [0.2, 0.25) is 0 Å². The fourth-order valence-electron chi connectivity index (χ4n) is 3.51. The van der Waals surface area contributed by atoms with Gasteiger partial charge < -0.3 is 14.3 Å². The van der Waals surface area contributed by atoms with Crippen LogP contribution in [0.3, 0.4) is 0 Å². The Morgan fingerprint density at radius 1 is 1.12 bits per heavy atom. The molecule has 6 heteroatoms. The van der Waals surface area contributed by atoms with Crippen LogP contribution in [0.5, 0.6) is 0 Å². The first-order valence-electron chi connectivity index (χ1n) is 8.95. The predicted molar refractivity (Wildman–Crippen MR) is 103 cm³/mol. The molecule has 2 aromatic heterocycles. The number of nitrogens with zero attached hydrogens (tertiary/aromatic N) is 4. The van der Waals surface area contributed by atoms with Crippen LogP contribution in [0.1, 0.15) is 23.4 Å². The van der Waals surface area contributed by atoms with Crippen LogP contribution in [0.4, 0.5) is 5.13 Å². The Hall–Kier alpha value is -1.92. The zero-order valence-corrected chi connectivity index (χ0v) is 15.7. The van der Waals surface area contributed by atoms with Crippen LogP contribution in [0.15, 0.2) is 28.8 Å². The van der Waals surface area contributed by atoms with Crippen molar-refractivity contribution in [2.24, 2.45) is 0 Å². The van der Waals surface area contributed by atoms with E-state index in [0.29, 0.717) is 0 Å². The van der Waals surface area contributed by atoms with E-state index >= 15 is 0 Å². The molecule has 1 aliphatic heterocycles. The third-order valence-electron chi connectivity index (χ3n) is 5.00. The maximum absolute atomic E-state index is 5.28. The van der Waals surface area contributed by atoms with Crippen molar-refractivity contribution in [3.63, 3.8) is 0 Å². The Kier molecular flexibility index (Phi) is 4.72. The Morgan fingerprint density at radius 3 is 2.80 bits per heavy atom. The second-order valence-corrected chi connectivity index (χ2v) is 7.71. The second kappa shape index (κ2) is 7.14. The zero-order chi connectivity index (χ0) is 17.2. The molecule has 1 aliphatic rings. The van der Waals surface area contributed by atoms with Gasteiger partial charge in [0.1, 0.15) is 5.76 Å². The van der Waals surface area contributed by atoms with Gasteiger partial charge in [-0.1, -0.05) is 28.6 Å². The van der Waals surface area contributed by atoms with E-state index in [-0.39, 0.29) is 0 Å². The Labute approximate surface area is 152 Å². The number of aryl methyl sites for hydroxylation is 2. The smallest absolute Gasteiger partial charge is 0.186 e. The fourth-order valence-corrected chi connectivity index (χ4v) is 4.53. The number of rotatable bonds is 4. The molecule has 0 aliphatic carbocycles. The SMILES string of the molecule is Cc1noc(C)c1CCN1CCCN(c2nc3ccccc3s2)CC1. The van der Waals surface area contributed by atoms with Gasteiger partial charge in [0, 0.05) is 31.7 Å². The summed E-state index contributed by atoms with van der Waals surface area (Å²) in [5.74, 6) is 0.962. The maximum Gasteiger partial charge on any atom is 0.186 e. The van der Waals surface area contributed by atoms with E-state index in [1.54, 1.807) is 11.3 Å². The maximum atomic E-state index is 5.28. The molecule has 0 spiro atoms. The van der Waals surface area contributed by atoms with Crippen molar-refractivity contribution < 1.29 is 4.52 Å². The summed E-state index contributed by atoms with van der Waals surface area (Å²) in [6.45, 7) is 9.46. The molecule has 4 rings (SSSR count). The third-order valence-corrected chi connectivity index (χ3v) is 6.10. The minimum Gasteiger partial charge on any atom is -0.361 e. The van der Waals surface area contributed by atoms with Crippen LogP contribution in [0, 0.1) is 13.8 Å². The minimum atomic E-state index is 0.962. The third kappa shape index (κ3) is 3.55. The minimum absolute atomic E-state index is 0.962. The molecule has 0 bridgehead atoms. The van der Waals surface area contributed by atoms with Gasteiger partial charge in [0.15, 0.2) is 5.13 Å². The van der Waals surface area contributed by atoms with Gasteiger partial charge in [0.25, 0.3) is 0 Å². The van der Waals surface area contributed by atoms with E-state index < -0.39 is 0 Å². The van der Waals surface area contributed by atoms with Crippen molar-refractivity contribution in [2.45, 2.75) is 26.7 Å². The summed E-state index contributed by atoms with van der Waals surface area (Å²) in [5, 5.41) is 5.22. The van der Waals surface area contributed by atoms with Gasteiger partial charge in [-0.2, -0.15) is 0 Å². The lowest BCUT2D eigenvalue weighted by Gasteiger charge is -2.21. The fraction of sp³-hybridized carbons (Fsp3) is 0.474. The number of benzene rings is 1. The van der Waals surface area contributed by atoms with Crippen molar-refractivity contribution in [1.82, 2.24) is 15.0 Å². The van der Waals surface area contributed by atoms with Gasteiger partial charge in [-0.05, 0) is 45.4 Å². The van der Waals surface area contributed by atoms with Gasteiger partial charge >= 0.3 is 0 Å². The summed E-state index contributed by atoms with van der Waals surface area (Å²) in [7, 11) is 0. The summed E-state index contributed by atoms with van der Waals surface area (Å²) in [5.41, 5.74) is 3.41. The summed E-state index contributed by atoms with van der Waals surface area (Å²) in [4.78, 5) is 9.82. The van der Waals surface area contributed by atoms with Crippen molar-refractivity contribution in [3.05, 3.63) is 41.3 Å². The highest BCUT2D eigenvalue weighted by molar-refractivity contribution is 7.22. The lowest BCUT2D eigenvalue weighted by molar-refractivity contribution is 0.296. The lowest BCUT2D eigenvalue weighted by atomic mass is 10.1. The molecule has 3 heterocycles. The molecular formula is C19H24N4OS. The van der Waals surface area contributed by atoms with Gasteiger partial charge in [-0.15, -0.1) is 0 Å². The van der Waals surface area contributed by atoms with Crippen LogP contribution < -0.4 is 4.90 Å². The largest absolute Gasteiger partial charge is 0.361 e. The van der Waals surface area contributed by atoms with Crippen LogP contribution in [-0.2, 0) is 6.42 Å². The topological polar surface area (TPSA) is 45.4 Å². The van der Waals surface area contributed by atoms with Gasteiger partial charge in [-0.3, -0.25) is 0 Å². The molecule has 3 aromatic rings. The summed E-state index contributed by atoms with van der Waals surface area (Å²) >= 11 is 1.81. The molecule has 0 radical (unpaired) electrons. The first-order valence-corrected chi connectivity index (χ1v) is 9.77. The molecule has 1 aromatic carbocycles. The molecular weight excluding hydrogens is 332 g/mol. The molecule has 1 fully saturated rings. The number of thiazole rings is 1. The summed E-state index contributed by atoms with van der Waals surface area (Å²) in [6, 6.07) is 8.40. The highest BCUT2D eigenvalue weighted by Gasteiger charge is 2.19. The molecule has 0 N–H and O–H groups in total. The molecule has 0 saturated carbocycles. The van der Waals surface area contributed by atoms with Gasteiger partial charge in [0.2, 0.25) is 0 Å². The number of aromatic nitrogens is 2. The number of anilines is 1. The van der Waals surface area contributed by atoms with Crippen molar-refractivity contribution in [2.75, 3.05) is 37.6 Å². The molecule has 0 unspecified atom stereocenters. The average Bonchev–Trinajstić information content (AvgIpc) is 3.09. The van der Waals surface area contributed by atoms with Crippen LogP contribution in [0.25, 0.3) is 10.2 Å². The van der Waals surface area contributed by atoms with Crippen molar-refractivity contribution in [3.8, 4) is 0 Å². The van der Waals surface area contributed by atoms with Gasteiger partial charge in [0.05, 0.1) is 15.9 Å². The standard InChI is InChI=1S/C19H24N4OS/c1-14-16(15(2)24-21-14)8-11-22-9-5-10-23(13-12-22)19-20-17-6-3-4-7-18(17)25-19/h3-4,6-7H,5,8-13H2,1-2H3. The van der Waals surface area contributed by atoms with Crippen molar-refractivity contribution in [1.29, 1.82) is 0 Å². The predicted octanol–water partition coefficient (Wildman–Crippen LogP) is 3.66. The summed E-state index contributed by atoms with van der Waals surface area (Å²) < 4.78 is 6.55. The number of para-hydroxylation sites is 1. The number of hydrogen-bond donors (Lipinski definition) is 0. The van der Waals surface area contributed by atoms with E-state index in [1.165, 1.54) is 16.7 Å². The first kappa shape index (κ1) is 16.5. The van der Waals surface area contributed by atoms with Crippen molar-refractivity contribution >= 4 is 26.7 Å². The highest BCUT2D eigenvalue weighted by atomic mass is 32.1. The van der Waals surface area contributed by atoms with E-state index in [4.69, 9.17) is 9.51 Å². The summed E-state index contributed by atoms with van der Waals surface area (Å²) in [6.07, 6.45) is 2.19. The molecule has 0 atom stereocenters. The molecule has 132 valence electrons. The highest BCUT2D eigenvalue weighted by Crippen LogP contribution is 2.29. The lowest BCUT2D eigenvalue weighted by Crippen LogP contribution is -2.32.